The van der Waals surface area contributed by atoms with Crippen LogP contribution in [0.4, 0.5) is 0 Å². The number of nitrogens with zero attached hydrogens (tertiary/aromatic N) is 1. The van der Waals surface area contributed by atoms with Gasteiger partial charge in [0.2, 0.25) is 0 Å². The Balaban J connectivity index is 2.15. The van der Waals surface area contributed by atoms with E-state index in [9.17, 15) is 9.59 Å². The summed E-state index contributed by atoms with van der Waals surface area (Å²) < 4.78 is 1.85. The van der Waals surface area contributed by atoms with E-state index in [2.05, 4.69) is 0 Å². The van der Waals surface area contributed by atoms with E-state index in [1.807, 2.05) is 16.7 Å². The summed E-state index contributed by atoms with van der Waals surface area (Å²) in [6.07, 6.45) is 6.83. The van der Waals surface area contributed by atoms with Gasteiger partial charge in [0.25, 0.3) is 0 Å². The summed E-state index contributed by atoms with van der Waals surface area (Å²) in [6.45, 7) is 0. The first kappa shape index (κ1) is 12.3. The molecule has 4 nitrogen and oxygen atoms in total. The molecule has 0 spiro atoms. The van der Waals surface area contributed by atoms with E-state index < -0.39 is 5.97 Å². The van der Waals surface area contributed by atoms with Crippen molar-refractivity contribution in [3.05, 3.63) is 57.8 Å². The van der Waals surface area contributed by atoms with Crippen LogP contribution in [-0.2, 0) is 4.79 Å². The van der Waals surface area contributed by atoms with Crippen molar-refractivity contribution in [1.29, 1.82) is 0 Å². The number of carboxylic acids is 1. The molecule has 0 fully saturated rings. The average molecular weight is 261 g/mol. The van der Waals surface area contributed by atoms with Crippen LogP contribution in [0, 0.1) is 0 Å². The smallest absolute Gasteiger partial charge is 0.307 e. The van der Waals surface area contributed by atoms with Crippen LogP contribution in [0.1, 0.15) is 11.3 Å². The van der Waals surface area contributed by atoms with Gasteiger partial charge < -0.3 is 9.67 Å². The van der Waals surface area contributed by atoms with Crippen molar-refractivity contribution < 1.29 is 9.90 Å². The van der Waals surface area contributed by atoms with Gasteiger partial charge in [0, 0.05) is 29.4 Å². The predicted octanol–water partition coefficient (Wildman–Crippen LogP) is 2.39. The fraction of sp³-hybridized carbons (Fsp3) is 0.0769. The molecule has 5 heteroatoms. The largest absolute Gasteiger partial charge is 0.481 e. The van der Waals surface area contributed by atoms with E-state index in [1.54, 1.807) is 24.5 Å². The number of carbonyl (C=O) groups is 1. The predicted molar refractivity (Wildman–Crippen MR) is 71.2 cm³/mol. The quantitative estimate of drug-likeness (QED) is 0.919. The van der Waals surface area contributed by atoms with E-state index in [0.717, 1.165) is 9.88 Å². The van der Waals surface area contributed by atoms with E-state index in [-0.39, 0.29) is 11.8 Å². The third-order valence-corrected chi connectivity index (χ3v) is 3.30. The molecule has 0 amide bonds. The molecule has 0 radical (unpaired) electrons. The Morgan fingerprint density at radius 2 is 2.00 bits per heavy atom. The summed E-state index contributed by atoms with van der Waals surface area (Å²) in [5, 5.41) is 9.50. The third-order valence-electron chi connectivity index (χ3n) is 2.24. The monoisotopic (exact) mass is 261 g/mol. The van der Waals surface area contributed by atoms with Crippen LogP contribution in [-0.4, -0.2) is 15.6 Å². The third kappa shape index (κ3) is 3.18. The highest BCUT2D eigenvalue weighted by Crippen LogP contribution is 2.21. The van der Waals surface area contributed by atoms with Gasteiger partial charge in [-0.3, -0.25) is 9.59 Å². The molecular formula is C13H11NO3S. The van der Waals surface area contributed by atoms with Crippen molar-refractivity contribution in [2.45, 2.75) is 6.42 Å². The Kier molecular flexibility index (Phi) is 3.74. The molecule has 2 aromatic heterocycles. The Morgan fingerprint density at radius 3 is 2.67 bits per heavy atom. The lowest BCUT2D eigenvalue weighted by molar-refractivity contribution is -0.135. The second-order valence-corrected chi connectivity index (χ2v) is 4.71. The Labute approximate surface area is 107 Å². The maximum absolute atomic E-state index is 11.0. The number of pyridine rings is 1. The van der Waals surface area contributed by atoms with Gasteiger partial charge in [-0.05, 0) is 18.2 Å². The van der Waals surface area contributed by atoms with E-state index in [1.165, 1.54) is 23.5 Å². The van der Waals surface area contributed by atoms with Gasteiger partial charge in [-0.1, -0.05) is 6.08 Å². The zero-order valence-corrected chi connectivity index (χ0v) is 10.3. The van der Waals surface area contributed by atoms with Gasteiger partial charge in [0.15, 0.2) is 5.43 Å². The number of carboxylic acid groups (broad SMARTS) is 1. The number of aliphatic carboxylic acids is 1. The summed E-state index contributed by atoms with van der Waals surface area (Å²) in [5.41, 5.74) is -0.0237. The maximum atomic E-state index is 11.0. The summed E-state index contributed by atoms with van der Waals surface area (Å²) in [7, 11) is 0. The summed E-state index contributed by atoms with van der Waals surface area (Å²) in [4.78, 5) is 22.3. The molecule has 0 aliphatic rings. The zero-order valence-electron chi connectivity index (χ0n) is 9.45. The normalized spacial score (nSPS) is 10.9. The number of hydrogen-bond acceptors (Lipinski definition) is 3. The average Bonchev–Trinajstić information content (AvgIpc) is 2.78. The minimum Gasteiger partial charge on any atom is -0.481 e. The molecule has 0 bridgehead atoms. The van der Waals surface area contributed by atoms with Gasteiger partial charge >= 0.3 is 5.97 Å². The topological polar surface area (TPSA) is 59.3 Å². The second kappa shape index (κ2) is 5.46. The fourth-order valence-electron chi connectivity index (χ4n) is 1.41. The Bertz CT molecular complexity index is 619. The molecule has 18 heavy (non-hydrogen) atoms. The first-order chi connectivity index (χ1) is 8.65. The van der Waals surface area contributed by atoms with Crippen molar-refractivity contribution in [2.75, 3.05) is 0 Å². The minimum atomic E-state index is -0.844. The molecule has 2 rings (SSSR count). The Hall–Kier alpha value is -2.14. The van der Waals surface area contributed by atoms with Gasteiger partial charge in [-0.25, -0.2) is 0 Å². The number of rotatable bonds is 4. The zero-order chi connectivity index (χ0) is 13.0. The molecule has 0 atom stereocenters. The van der Waals surface area contributed by atoms with Crippen LogP contribution < -0.4 is 5.43 Å². The van der Waals surface area contributed by atoms with Crippen LogP contribution >= 0.6 is 11.3 Å². The lowest BCUT2D eigenvalue weighted by atomic mass is 10.3. The number of aromatic nitrogens is 1. The first-order valence-corrected chi connectivity index (χ1v) is 6.14. The SMILES string of the molecule is O=C(O)CC=Cc1ccc(-n2ccc(=O)cc2)s1. The van der Waals surface area contributed by atoms with Gasteiger partial charge in [-0.15, -0.1) is 11.3 Å². The Morgan fingerprint density at radius 1 is 1.28 bits per heavy atom. The van der Waals surface area contributed by atoms with E-state index >= 15 is 0 Å². The minimum absolute atomic E-state index is 0.0191. The molecule has 0 aromatic carbocycles. The lowest BCUT2D eigenvalue weighted by Crippen LogP contribution is -1.99. The van der Waals surface area contributed by atoms with Crippen LogP contribution in [0.2, 0.25) is 0 Å². The van der Waals surface area contributed by atoms with Gasteiger partial charge in [-0.2, -0.15) is 0 Å². The van der Waals surface area contributed by atoms with Crippen molar-refractivity contribution in [2.24, 2.45) is 0 Å². The van der Waals surface area contributed by atoms with E-state index in [0.29, 0.717) is 0 Å². The molecule has 92 valence electrons. The van der Waals surface area contributed by atoms with E-state index in [4.69, 9.17) is 5.11 Å². The lowest BCUT2D eigenvalue weighted by Gasteiger charge is -1.99. The number of hydrogen-bond donors (Lipinski definition) is 1. The standard InChI is InChI=1S/C13H11NO3S/c15-10-6-8-14(9-7-10)12-5-4-11(18-12)2-1-3-13(16)17/h1-2,4-9H,3H2,(H,16,17). The molecule has 0 unspecified atom stereocenters. The van der Waals surface area contributed by atoms with Gasteiger partial charge in [0.1, 0.15) is 0 Å². The van der Waals surface area contributed by atoms with Crippen molar-refractivity contribution in [3.63, 3.8) is 0 Å². The molecule has 0 saturated heterocycles. The summed E-state index contributed by atoms with van der Waals surface area (Å²) >= 11 is 1.52. The van der Waals surface area contributed by atoms with Crippen LogP contribution in [0.3, 0.4) is 0 Å². The van der Waals surface area contributed by atoms with Crippen LogP contribution in [0.5, 0.6) is 0 Å². The molecule has 2 heterocycles. The van der Waals surface area contributed by atoms with Crippen molar-refractivity contribution in [3.8, 4) is 5.00 Å². The molecule has 0 aliphatic heterocycles. The van der Waals surface area contributed by atoms with Crippen LogP contribution in [0.15, 0.2) is 47.5 Å². The van der Waals surface area contributed by atoms with Gasteiger partial charge in [0.05, 0.1) is 11.4 Å². The molecule has 2 aromatic rings. The summed E-state index contributed by atoms with van der Waals surface area (Å²) in [6, 6.07) is 6.84. The fourth-order valence-corrected chi connectivity index (χ4v) is 2.31. The molecular weight excluding hydrogens is 250 g/mol. The molecule has 0 saturated carbocycles. The molecule has 1 N–H and O–H groups in total. The highest BCUT2D eigenvalue weighted by atomic mass is 32.1. The second-order valence-electron chi connectivity index (χ2n) is 3.62. The highest BCUT2D eigenvalue weighted by Gasteiger charge is 1.99. The first-order valence-electron chi connectivity index (χ1n) is 5.32. The van der Waals surface area contributed by atoms with Crippen LogP contribution in [0.25, 0.3) is 11.1 Å². The van der Waals surface area contributed by atoms with Crippen molar-refractivity contribution in [1.82, 2.24) is 4.57 Å². The summed E-state index contributed by atoms with van der Waals surface area (Å²) in [5.74, 6) is -0.844. The molecule has 0 aliphatic carbocycles. The maximum Gasteiger partial charge on any atom is 0.307 e. The number of thiophene rings is 1. The van der Waals surface area contributed by atoms with Crippen molar-refractivity contribution >= 4 is 23.4 Å². The highest BCUT2D eigenvalue weighted by molar-refractivity contribution is 7.15.